The molecule has 0 amide bonds. The number of benzene rings is 2. The summed E-state index contributed by atoms with van der Waals surface area (Å²) in [5, 5.41) is 20.3. The molecule has 1 N–H and O–H groups in total. The predicted octanol–water partition coefficient (Wildman–Crippen LogP) is 6.24. The predicted molar refractivity (Wildman–Crippen MR) is 160 cm³/mol. The molecule has 4 heterocycles. The first-order chi connectivity index (χ1) is 20.1. The number of nitrogens with zero attached hydrogens (tertiary/aromatic N) is 4. The Morgan fingerprint density at radius 2 is 1.83 bits per heavy atom. The van der Waals surface area contributed by atoms with Gasteiger partial charge < -0.3 is 24.0 Å². The van der Waals surface area contributed by atoms with Crippen LogP contribution in [0.4, 0.5) is 5.82 Å². The molecule has 2 aliphatic heterocycles. The molecule has 4 aromatic rings. The fraction of sp³-hybridized carbons (Fsp3) is 0.364. The number of carboxylic acid groups (broad SMARTS) is 1. The van der Waals surface area contributed by atoms with E-state index in [9.17, 15) is 9.90 Å². The van der Waals surface area contributed by atoms with Crippen molar-refractivity contribution in [3.63, 3.8) is 0 Å². The Morgan fingerprint density at radius 3 is 2.56 bits per heavy atom. The maximum absolute atomic E-state index is 12.0. The molecule has 1 saturated heterocycles. The maximum atomic E-state index is 12.0. The van der Waals surface area contributed by atoms with Gasteiger partial charge in [-0.05, 0) is 84.0 Å². The van der Waals surface area contributed by atoms with Gasteiger partial charge in [-0.15, -0.1) is 10.2 Å². The van der Waals surface area contributed by atoms with Crippen molar-refractivity contribution in [2.45, 2.75) is 44.6 Å². The normalized spacial score (nSPS) is 17.5. The molecule has 1 aliphatic carbocycles. The van der Waals surface area contributed by atoms with E-state index in [1.807, 2.05) is 30.3 Å². The largest absolute Gasteiger partial charge is 0.497 e. The van der Waals surface area contributed by atoms with Crippen molar-refractivity contribution in [2.75, 3.05) is 38.3 Å². The van der Waals surface area contributed by atoms with Gasteiger partial charge in [0.25, 0.3) is 0 Å². The topological polar surface area (TPSA) is 89.7 Å². The van der Waals surface area contributed by atoms with Crippen molar-refractivity contribution in [2.24, 2.45) is 0 Å². The second-order valence-electron chi connectivity index (χ2n) is 11.2. The van der Waals surface area contributed by atoms with Crippen LogP contribution in [0.3, 0.4) is 0 Å². The van der Waals surface area contributed by atoms with Gasteiger partial charge >= 0.3 is 5.97 Å². The number of rotatable bonds is 5. The Morgan fingerprint density at radius 1 is 1.00 bits per heavy atom. The number of hydrogen-bond acceptors (Lipinski definition) is 6. The molecule has 0 bridgehead atoms. The molecule has 0 spiro atoms. The zero-order valence-electron chi connectivity index (χ0n) is 23.3. The number of allylic oxidation sites excluding steroid dienone is 1. The van der Waals surface area contributed by atoms with Gasteiger partial charge in [-0.1, -0.05) is 25.3 Å². The highest BCUT2D eigenvalue weighted by atomic mass is 16.5. The second-order valence-corrected chi connectivity index (χ2v) is 11.2. The van der Waals surface area contributed by atoms with Gasteiger partial charge in [-0.2, -0.15) is 0 Å². The molecule has 0 radical (unpaired) electrons. The van der Waals surface area contributed by atoms with E-state index in [2.05, 4.69) is 32.8 Å². The quantitative estimate of drug-likeness (QED) is 0.314. The molecule has 0 unspecified atom stereocenters. The molecule has 41 heavy (non-hydrogen) atoms. The van der Waals surface area contributed by atoms with Crippen LogP contribution in [0, 0.1) is 0 Å². The molecule has 2 aromatic carbocycles. The summed E-state index contributed by atoms with van der Waals surface area (Å²) in [5.41, 5.74) is 7.79. The number of aromatic carboxylic acids is 1. The number of anilines is 1. The minimum Gasteiger partial charge on any atom is -0.497 e. The standard InChI is InChI=1S/C33H34N4O4/c1-40-25-8-10-26-23(18-25)17-24(28-11-12-30(35-34-28)36-13-15-41-16-14-36)20-37-29-19-22(33(38)39)7-9-27(29)31(32(26)37)21-5-3-2-4-6-21/h7-12,17-19,21H,2-6,13-16,20H2,1H3,(H,38,39). The number of hydrogen-bond donors (Lipinski definition) is 1. The van der Waals surface area contributed by atoms with Crippen molar-refractivity contribution < 1.29 is 19.4 Å². The third-order valence-electron chi connectivity index (χ3n) is 8.85. The Bertz CT molecular complexity index is 1640. The van der Waals surface area contributed by atoms with Crippen LogP contribution in [0.1, 0.15) is 65.2 Å². The monoisotopic (exact) mass is 550 g/mol. The molecule has 0 atom stereocenters. The summed E-state index contributed by atoms with van der Waals surface area (Å²) in [6.07, 6.45) is 8.19. The van der Waals surface area contributed by atoms with E-state index >= 15 is 0 Å². The Hall–Kier alpha value is -4.17. The van der Waals surface area contributed by atoms with E-state index in [4.69, 9.17) is 14.6 Å². The zero-order chi connectivity index (χ0) is 27.9. The molecule has 7 rings (SSSR count). The number of aromatic nitrogens is 3. The maximum Gasteiger partial charge on any atom is 0.335 e. The summed E-state index contributed by atoms with van der Waals surface area (Å²) in [4.78, 5) is 14.2. The second kappa shape index (κ2) is 10.7. The van der Waals surface area contributed by atoms with E-state index in [1.54, 1.807) is 13.2 Å². The summed E-state index contributed by atoms with van der Waals surface area (Å²) in [7, 11) is 1.69. The molecule has 3 aliphatic rings. The smallest absolute Gasteiger partial charge is 0.335 e. The SMILES string of the molecule is COc1ccc2c(c1)C=C(c1ccc(N3CCOCC3)nn1)Cn1c-2c(C2CCCCC2)c2ccc(C(=O)O)cc21. The minimum atomic E-state index is -0.916. The average Bonchev–Trinajstić information content (AvgIpc) is 3.24. The molecule has 8 nitrogen and oxygen atoms in total. The Balaban J connectivity index is 1.42. The highest BCUT2D eigenvalue weighted by Crippen LogP contribution is 2.47. The van der Waals surface area contributed by atoms with E-state index < -0.39 is 5.97 Å². The molecule has 8 heteroatoms. The summed E-state index contributed by atoms with van der Waals surface area (Å²) in [6.45, 7) is 3.55. The van der Waals surface area contributed by atoms with Crippen molar-refractivity contribution in [3.05, 3.63) is 70.9 Å². The van der Waals surface area contributed by atoms with Crippen LogP contribution >= 0.6 is 0 Å². The average molecular weight is 551 g/mol. The lowest BCUT2D eigenvalue weighted by Crippen LogP contribution is -2.36. The number of carbonyl (C=O) groups is 1. The van der Waals surface area contributed by atoms with Crippen LogP contribution in [0.25, 0.3) is 33.8 Å². The van der Waals surface area contributed by atoms with Crippen molar-refractivity contribution in [1.29, 1.82) is 0 Å². The van der Waals surface area contributed by atoms with Gasteiger partial charge in [0, 0.05) is 29.6 Å². The third-order valence-corrected chi connectivity index (χ3v) is 8.85. The summed E-state index contributed by atoms with van der Waals surface area (Å²) in [6, 6.07) is 16.0. The first-order valence-electron chi connectivity index (χ1n) is 14.6. The molecule has 2 fully saturated rings. The fourth-order valence-electron chi connectivity index (χ4n) is 6.79. The Kier molecular flexibility index (Phi) is 6.71. The highest BCUT2D eigenvalue weighted by molar-refractivity contribution is 6.01. The lowest BCUT2D eigenvalue weighted by Gasteiger charge is -2.27. The molecular weight excluding hydrogens is 516 g/mol. The van der Waals surface area contributed by atoms with Crippen LogP contribution in [0.15, 0.2) is 48.5 Å². The van der Waals surface area contributed by atoms with Crippen LogP contribution in [-0.4, -0.2) is 59.3 Å². The summed E-state index contributed by atoms with van der Waals surface area (Å²) in [5.74, 6) is 1.17. The zero-order valence-corrected chi connectivity index (χ0v) is 23.3. The van der Waals surface area contributed by atoms with E-state index in [1.165, 1.54) is 30.5 Å². The lowest BCUT2D eigenvalue weighted by molar-refractivity contribution is 0.0697. The van der Waals surface area contributed by atoms with Gasteiger partial charge in [-0.3, -0.25) is 0 Å². The first kappa shape index (κ1) is 25.8. The van der Waals surface area contributed by atoms with E-state index in [0.29, 0.717) is 31.2 Å². The van der Waals surface area contributed by atoms with Gasteiger partial charge in [0.15, 0.2) is 5.82 Å². The molecule has 210 valence electrons. The molecule has 2 aromatic heterocycles. The fourth-order valence-corrected chi connectivity index (χ4v) is 6.79. The third kappa shape index (κ3) is 4.66. The number of carboxylic acids is 1. The van der Waals surface area contributed by atoms with E-state index in [-0.39, 0.29) is 0 Å². The first-order valence-corrected chi connectivity index (χ1v) is 14.6. The Labute approximate surface area is 239 Å². The minimum absolute atomic E-state index is 0.299. The number of ether oxygens (including phenoxy) is 2. The van der Waals surface area contributed by atoms with Crippen LogP contribution in [0.2, 0.25) is 0 Å². The summed E-state index contributed by atoms with van der Waals surface area (Å²) < 4.78 is 13.4. The highest BCUT2D eigenvalue weighted by Gasteiger charge is 2.30. The molecular formula is C33H34N4O4. The van der Waals surface area contributed by atoms with Gasteiger partial charge in [0.1, 0.15) is 5.75 Å². The molecule has 1 saturated carbocycles. The van der Waals surface area contributed by atoms with E-state index in [0.717, 1.165) is 70.8 Å². The van der Waals surface area contributed by atoms with Gasteiger partial charge in [0.05, 0.1) is 43.8 Å². The van der Waals surface area contributed by atoms with Crippen LogP contribution < -0.4 is 9.64 Å². The van der Waals surface area contributed by atoms with Crippen molar-refractivity contribution in [1.82, 2.24) is 14.8 Å². The lowest BCUT2D eigenvalue weighted by atomic mass is 9.81. The van der Waals surface area contributed by atoms with Crippen LogP contribution in [0.5, 0.6) is 5.75 Å². The summed E-state index contributed by atoms with van der Waals surface area (Å²) >= 11 is 0. The van der Waals surface area contributed by atoms with Crippen molar-refractivity contribution in [3.8, 4) is 17.0 Å². The van der Waals surface area contributed by atoms with Gasteiger partial charge in [-0.25, -0.2) is 4.79 Å². The van der Waals surface area contributed by atoms with Gasteiger partial charge in [0.2, 0.25) is 0 Å². The number of methoxy groups -OCH3 is 1. The number of morpholine rings is 1. The van der Waals surface area contributed by atoms with Crippen molar-refractivity contribution >= 4 is 34.3 Å². The number of fused-ring (bicyclic) bond motifs is 5. The van der Waals surface area contributed by atoms with Crippen LogP contribution in [-0.2, 0) is 11.3 Å².